The summed E-state index contributed by atoms with van der Waals surface area (Å²) in [6, 6.07) is -1.35. The fourth-order valence-corrected chi connectivity index (χ4v) is 1.28. The molecule has 0 spiro atoms. The standard InChI is InChI=1S/C11H22F3N/c1-5-8-15-9(11(12,13)14)6-7-10(2,3)4/h9,15H,5-8H2,1-4H3. The van der Waals surface area contributed by atoms with E-state index < -0.39 is 12.2 Å². The Kier molecular flexibility index (Phi) is 5.63. The number of rotatable bonds is 5. The van der Waals surface area contributed by atoms with Gasteiger partial charge in [0.25, 0.3) is 0 Å². The van der Waals surface area contributed by atoms with Crippen LogP contribution < -0.4 is 5.32 Å². The third kappa shape index (κ3) is 7.65. The lowest BCUT2D eigenvalue weighted by molar-refractivity contribution is -0.158. The van der Waals surface area contributed by atoms with E-state index in [1.54, 1.807) is 0 Å². The van der Waals surface area contributed by atoms with Crippen LogP contribution >= 0.6 is 0 Å². The Hall–Kier alpha value is -0.250. The van der Waals surface area contributed by atoms with Crippen LogP contribution in [0.5, 0.6) is 0 Å². The van der Waals surface area contributed by atoms with Gasteiger partial charge in [-0.1, -0.05) is 27.7 Å². The van der Waals surface area contributed by atoms with Gasteiger partial charge in [-0.2, -0.15) is 13.2 Å². The molecule has 0 saturated carbocycles. The predicted octanol–water partition coefficient (Wildman–Crippen LogP) is 3.74. The minimum atomic E-state index is -4.12. The van der Waals surface area contributed by atoms with E-state index in [-0.39, 0.29) is 11.8 Å². The molecule has 0 aromatic heterocycles. The van der Waals surface area contributed by atoms with Gasteiger partial charge in [0.05, 0.1) is 0 Å². The van der Waals surface area contributed by atoms with Crippen molar-refractivity contribution in [2.75, 3.05) is 6.54 Å². The van der Waals surface area contributed by atoms with Crippen LogP contribution in [0.2, 0.25) is 0 Å². The largest absolute Gasteiger partial charge is 0.403 e. The lowest BCUT2D eigenvalue weighted by Crippen LogP contribution is -2.43. The molecule has 1 unspecified atom stereocenters. The van der Waals surface area contributed by atoms with Crippen LogP contribution in [-0.4, -0.2) is 18.8 Å². The van der Waals surface area contributed by atoms with Crippen molar-refractivity contribution in [3.8, 4) is 0 Å². The van der Waals surface area contributed by atoms with Gasteiger partial charge in [-0.05, 0) is 31.2 Å². The fraction of sp³-hybridized carbons (Fsp3) is 1.00. The van der Waals surface area contributed by atoms with Crippen LogP contribution in [0.3, 0.4) is 0 Å². The highest BCUT2D eigenvalue weighted by atomic mass is 19.4. The molecule has 0 aliphatic rings. The Morgan fingerprint density at radius 2 is 1.67 bits per heavy atom. The smallest absolute Gasteiger partial charge is 0.306 e. The molecule has 15 heavy (non-hydrogen) atoms. The summed E-state index contributed by atoms with van der Waals surface area (Å²) < 4.78 is 37.7. The zero-order chi connectivity index (χ0) is 12.1. The van der Waals surface area contributed by atoms with Crippen LogP contribution in [-0.2, 0) is 0 Å². The maximum atomic E-state index is 12.6. The van der Waals surface area contributed by atoms with E-state index in [1.165, 1.54) is 0 Å². The predicted molar refractivity (Wildman–Crippen MR) is 56.8 cm³/mol. The Bertz CT molecular complexity index is 170. The molecule has 1 atom stereocenters. The van der Waals surface area contributed by atoms with Gasteiger partial charge in [0, 0.05) is 0 Å². The number of alkyl halides is 3. The lowest BCUT2D eigenvalue weighted by Gasteiger charge is -2.25. The van der Waals surface area contributed by atoms with Crippen molar-refractivity contribution in [2.24, 2.45) is 5.41 Å². The molecule has 0 amide bonds. The molecule has 92 valence electrons. The van der Waals surface area contributed by atoms with E-state index in [4.69, 9.17) is 0 Å². The van der Waals surface area contributed by atoms with Crippen molar-refractivity contribution in [2.45, 2.75) is 59.2 Å². The molecular weight excluding hydrogens is 203 g/mol. The molecule has 0 rings (SSSR count). The fourth-order valence-electron chi connectivity index (χ4n) is 1.28. The molecule has 4 heteroatoms. The average Bonchev–Trinajstić information content (AvgIpc) is 1.99. The first-order chi connectivity index (χ1) is 6.67. The van der Waals surface area contributed by atoms with Gasteiger partial charge in [0.2, 0.25) is 0 Å². The summed E-state index contributed by atoms with van der Waals surface area (Å²) >= 11 is 0. The number of nitrogens with one attached hydrogen (secondary N) is 1. The van der Waals surface area contributed by atoms with Crippen LogP contribution in [0.4, 0.5) is 13.2 Å². The Balaban J connectivity index is 4.14. The molecule has 0 saturated heterocycles. The van der Waals surface area contributed by atoms with Gasteiger partial charge in [-0.3, -0.25) is 0 Å². The van der Waals surface area contributed by atoms with Crippen molar-refractivity contribution in [3.63, 3.8) is 0 Å². The highest BCUT2D eigenvalue weighted by Crippen LogP contribution is 2.28. The monoisotopic (exact) mass is 225 g/mol. The molecule has 0 bridgehead atoms. The Labute approximate surface area is 90.4 Å². The van der Waals surface area contributed by atoms with E-state index in [0.29, 0.717) is 13.0 Å². The highest BCUT2D eigenvalue weighted by molar-refractivity contribution is 4.77. The number of halogens is 3. The van der Waals surface area contributed by atoms with Gasteiger partial charge in [-0.25, -0.2) is 0 Å². The second-order valence-corrected chi connectivity index (χ2v) is 5.15. The summed E-state index contributed by atoms with van der Waals surface area (Å²) in [6.45, 7) is 8.17. The molecule has 0 radical (unpaired) electrons. The molecule has 0 aliphatic heterocycles. The minimum Gasteiger partial charge on any atom is -0.306 e. The zero-order valence-corrected chi connectivity index (χ0v) is 10.0. The van der Waals surface area contributed by atoms with Crippen LogP contribution in [0.25, 0.3) is 0 Å². The first kappa shape index (κ1) is 14.8. The van der Waals surface area contributed by atoms with Crippen LogP contribution in [0.15, 0.2) is 0 Å². The lowest BCUT2D eigenvalue weighted by atomic mass is 9.88. The summed E-state index contributed by atoms with van der Waals surface area (Å²) in [6.07, 6.45) is -2.66. The molecule has 1 N–H and O–H groups in total. The number of hydrogen-bond donors (Lipinski definition) is 1. The Morgan fingerprint density at radius 1 is 1.13 bits per heavy atom. The van der Waals surface area contributed by atoms with Crippen molar-refractivity contribution in [1.82, 2.24) is 5.32 Å². The first-order valence-corrected chi connectivity index (χ1v) is 5.47. The molecule has 1 nitrogen and oxygen atoms in total. The summed E-state index contributed by atoms with van der Waals surface area (Å²) in [5, 5.41) is 2.56. The van der Waals surface area contributed by atoms with Gasteiger partial charge < -0.3 is 5.32 Å². The maximum absolute atomic E-state index is 12.6. The summed E-state index contributed by atoms with van der Waals surface area (Å²) in [4.78, 5) is 0. The van der Waals surface area contributed by atoms with Crippen LogP contribution in [0.1, 0.15) is 47.0 Å². The van der Waals surface area contributed by atoms with E-state index in [1.807, 2.05) is 27.7 Å². The zero-order valence-electron chi connectivity index (χ0n) is 10.0. The van der Waals surface area contributed by atoms with Crippen molar-refractivity contribution < 1.29 is 13.2 Å². The van der Waals surface area contributed by atoms with E-state index >= 15 is 0 Å². The molecule has 0 heterocycles. The molecule has 0 aromatic rings. The van der Waals surface area contributed by atoms with Crippen LogP contribution in [0, 0.1) is 5.41 Å². The molecular formula is C11H22F3N. The van der Waals surface area contributed by atoms with Gasteiger partial charge in [0.1, 0.15) is 6.04 Å². The SMILES string of the molecule is CCCNC(CCC(C)(C)C)C(F)(F)F. The summed E-state index contributed by atoms with van der Waals surface area (Å²) in [5.41, 5.74) is -0.0443. The van der Waals surface area contributed by atoms with Crippen molar-refractivity contribution in [3.05, 3.63) is 0 Å². The van der Waals surface area contributed by atoms with E-state index in [0.717, 1.165) is 6.42 Å². The second kappa shape index (κ2) is 5.73. The topological polar surface area (TPSA) is 12.0 Å². The minimum absolute atomic E-state index is 0.0443. The third-order valence-electron chi connectivity index (χ3n) is 2.22. The van der Waals surface area contributed by atoms with Gasteiger partial charge >= 0.3 is 6.18 Å². The summed E-state index contributed by atoms with van der Waals surface area (Å²) in [7, 11) is 0. The van der Waals surface area contributed by atoms with E-state index in [2.05, 4.69) is 5.32 Å². The molecule has 0 aromatic carbocycles. The quantitative estimate of drug-likeness (QED) is 0.751. The molecule has 0 aliphatic carbocycles. The highest BCUT2D eigenvalue weighted by Gasteiger charge is 2.39. The normalized spacial score (nSPS) is 15.4. The molecule has 0 fully saturated rings. The maximum Gasteiger partial charge on any atom is 0.403 e. The van der Waals surface area contributed by atoms with Crippen molar-refractivity contribution >= 4 is 0 Å². The average molecular weight is 225 g/mol. The van der Waals surface area contributed by atoms with Gasteiger partial charge in [0.15, 0.2) is 0 Å². The van der Waals surface area contributed by atoms with E-state index in [9.17, 15) is 13.2 Å². The first-order valence-electron chi connectivity index (χ1n) is 5.47. The summed E-state index contributed by atoms with van der Waals surface area (Å²) in [5.74, 6) is 0. The third-order valence-corrected chi connectivity index (χ3v) is 2.22. The number of hydrogen-bond acceptors (Lipinski definition) is 1. The second-order valence-electron chi connectivity index (χ2n) is 5.15. The van der Waals surface area contributed by atoms with Gasteiger partial charge in [-0.15, -0.1) is 0 Å². The Morgan fingerprint density at radius 3 is 2.00 bits per heavy atom. The van der Waals surface area contributed by atoms with Crippen molar-refractivity contribution in [1.29, 1.82) is 0 Å².